The van der Waals surface area contributed by atoms with Gasteiger partial charge in [0.25, 0.3) is 0 Å². The normalized spacial score (nSPS) is 19.9. The van der Waals surface area contributed by atoms with Gasteiger partial charge < -0.3 is 14.5 Å². The first-order valence-electron chi connectivity index (χ1n) is 4.73. The number of rotatable bonds is 3. The second kappa shape index (κ2) is 3.03. The van der Waals surface area contributed by atoms with Gasteiger partial charge in [-0.25, -0.2) is 0 Å². The van der Waals surface area contributed by atoms with E-state index >= 15 is 0 Å². The van der Waals surface area contributed by atoms with E-state index in [9.17, 15) is 0 Å². The van der Waals surface area contributed by atoms with Crippen molar-refractivity contribution < 1.29 is 9.47 Å². The molecule has 2 aromatic rings. The highest BCUT2D eigenvalue weighted by Gasteiger charge is 2.22. The Morgan fingerprint density at radius 1 is 1.43 bits per heavy atom. The SMILES string of the molecule is c1cc2cc(OC[C@H]3CO3)ccc2[nH]1. The molecule has 0 bridgehead atoms. The van der Waals surface area contributed by atoms with Crippen LogP contribution in [0.15, 0.2) is 30.5 Å². The molecule has 0 spiro atoms. The Morgan fingerprint density at radius 3 is 3.21 bits per heavy atom. The molecule has 1 aromatic heterocycles. The maximum Gasteiger partial charge on any atom is 0.120 e. The average Bonchev–Trinajstić information content (AvgIpc) is 2.92. The van der Waals surface area contributed by atoms with Crippen molar-refractivity contribution in [2.75, 3.05) is 13.2 Å². The molecule has 0 radical (unpaired) electrons. The first-order valence-corrected chi connectivity index (χ1v) is 4.73. The van der Waals surface area contributed by atoms with Gasteiger partial charge in [0, 0.05) is 17.1 Å². The molecule has 3 heteroatoms. The van der Waals surface area contributed by atoms with Crippen LogP contribution in [0.3, 0.4) is 0 Å². The molecule has 0 unspecified atom stereocenters. The second-order valence-electron chi connectivity index (χ2n) is 3.49. The minimum Gasteiger partial charge on any atom is -0.491 e. The Morgan fingerprint density at radius 2 is 2.36 bits per heavy atom. The third-order valence-corrected chi connectivity index (χ3v) is 2.36. The largest absolute Gasteiger partial charge is 0.491 e. The van der Waals surface area contributed by atoms with Crippen LogP contribution < -0.4 is 4.74 Å². The summed E-state index contributed by atoms with van der Waals surface area (Å²) in [6.07, 6.45) is 2.25. The number of aromatic amines is 1. The van der Waals surface area contributed by atoms with Gasteiger partial charge >= 0.3 is 0 Å². The summed E-state index contributed by atoms with van der Waals surface area (Å²) < 4.78 is 10.6. The molecule has 3 nitrogen and oxygen atoms in total. The minimum absolute atomic E-state index is 0.317. The molecule has 1 atom stereocenters. The Hall–Kier alpha value is -1.48. The monoisotopic (exact) mass is 189 g/mol. The molecular formula is C11H11NO2. The van der Waals surface area contributed by atoms with E-state index in [4.69, 9.17) is 9.47 Å². The molecule has 2 heterocycles. The summed E-state index contributed by atoms with van der Waals surface area (Å²) in [5, 5.41) is 1.18. The van der Waals surface area contributed by atoms with Gasteiger partial charge in [-0.1, -0.05) is 0 Å². The van der Waals surface area contributed by atoms with Gasteiger partial charge in [-0.2, -0.15) is 0 Å². The summed E-state index contributed by atoms with van der Waals surface area (Å²) in [7, 11) is 0. The topological polar surface area (TPSA) is 37.5 Å². The highest BCUT2D eigenvalue weighted by Crippen LogP contribution is 2.20. The minimum atomic E-state index is 0.317. The number of hydrogen-bond acceptors (Lipinski definition) is 2. The van der Waals surface area contributed by atoms with E-state index in [-0.39, 0.29) is 0 Å². The van der Waals surface area contributed by atoms with Crippen LogP contribution in [0.25, 0.3) is 10.9 Å². The van der Waals surface area contributed by atoms with Crippen LogP contribution in [0.4, 0.5) is 0 Å². The molecule has 3 rings (SSSR count). The van der Waals surface area contributed by atoms with Gasteiger partial charge in [0.15, 0.2) is 0 Å². The Labute approximate surface area is 81.6 Å². The van der Waals surface area contributed by atoms with Crippen molar-refractivity contribution >= 4 is 10.9 Å². The van der Waals surface area contributed by atoms with Gasteiger partial charge in [-0.3, -0.25) is 0 Å². The molecule has 72 valence electrons. The number of aromatic nitrogens is 1. The summed E-state index contributed by atoms with van der Waals surface area (Å²) >= 11 is 0. The van der Waals surface area contributed by atoms with Crippen molar-refractivity contribution in [3.05, 3.63) is 30.5 Å². The van der Waals surface area contributed by atoms with Crippen LogP contribution in [-0.4, -0.2) is 24.3 Å². The zero-order valence-electron chi connectivity index (χ0n) is 7.69. The standard InChI is InChI=1S/C11H11NO2/c1-2-11-8(3-4-12-11)5-9(1)13-6-10-7-14-10/h1-5,10,12H,6-7H2/t10-/m0/s1. The smallest absolute Gasteiger partial charge is 0.120 e. The van der Waals surface area contributed by atoms with Crippen molar-refractivity contribution in [1.82, 2.24) is 4.98 Å². The van der Waals surface area contributed by atoms with Crippen molar-refractivity contribution in [3.63, 3.8) is 0 Å². The molecule has 1 aromatic carbocycles. The van der Waals surface area contributed by atoms with Crippen molar-refractivity contribution in [2.24, 2.45) is 0 Å². The number of ether oxygens (including phenoxy) is 2. The molecule has 1 aliphatic rings. The first kappa shape index (κ1) is 7.88. The Balaban J connectivity index is 1.81. The highest BCUT2D eigenvalue weighted by molar-refractivity contribution is 5.80. The average molecular weight is 189 g/mol. The van der Waals surface area contributed by atoms with Gasteiger partial charge in [-0.05, 0) is 24.3 Å². The molecule has 1 saturated heterocycles. The lowest BCUT2D eigenvalue weighted by atomic mass is 10.2. The van der Waals surface area contributed by atoms with Gasteiger partial charge in [-0.15, -0.1) is 0 Å². The van der Waals surface area contributed by atoms with Crippen LogP contribution in [0, 0.1) is 0 Å². The quantitative estimate of drug-likeness (QED) is 0.749. The summed E-state index contributed by atoms with van der Waals surface area (Å²) in [6, 6.07) is 8.07. The van der Waals surface area contributed by atoms with Crippen LogP contribution in [-0.2, 0) is 4.74 Å². The molecule has 0 amide bonds. The van der Waals surface area contributed by atoms with Gasteiger partial charge in [0.1, 0.15) is 18.5 Å². The number of hydrogen-bond donors (Lipinski definition) is 1. The summed E-state index contributed by atoms with van der Waals surface area (Å²) in [5.41, 5.74) is 1.14. The lowest BCUT2D eigenvalue weighted by Crippen LogP contribution is -2.03. The van der Waals surface area contributed by atoms with E-state index in [1.54, 1.807) is 0 Å². The fraction of sp³-hybridized carbons (Fsp3) is 0.273. The van der Waals surface area contributed by atoms with E-state index in [0.717, 1.165) is 17.9 Å². The fourth-order valence-electron chi connectivity index (χ4n) is 1.47. The maximum absolute atomic E-state index is 5.57. The third-order valence-electron chi connectivity index (χ3n) is 2.36. The van der Waals surface area contributed by atoms with Crippen molar-refractivity contribution in [1.29, 1.82) is 0 Å². The summed E-state index contributed by atoms with van der Waals surface area (Å²) in [4.78, 5) is 3.14. The third kappa shape index (κ3) is 1.46. The van der Waals surface area contributed by atoms with Crippen LogP contribution in [0.5, 0.6) is 5.75 Å². The number of fused-ring (bicyclic) bond motifs is 1. The summed E-state index contributed by atoms with van der Waals surface area (Å²) in [5.74, 6) is 0.910. The molecular weight excluding hydrogens is 178 g/mol. The van der Waals surface area contributed by atoms with E-state index in [1.807, 2.05) is 30.5 Å². The highest BCUT2D eigenvalue weighted by atomic mass is 16.6. The fourth-order valence-corrected chi connectivity index (χ4v) is 1.47. The molecule has 1 aliphatic heterocycles. The predicted octanol–water partition coefficient (Wildman–Crippen LogP) is 1.95. The van der Waals surface area contributed by atoms with E-state index in [2.05, 4.69) is 4.98 Å². The van der Waals surface area contributed by atoms with Gasteiger partial charge in [0.05, 0.1) is 6.61 Å². The zero-order valence-corrected chi connectivity index (χ0v) is 7.69. The molecule has 0 aliphatic carbocycles. The lowest BCUT2D eigenvalue weighted by Gasteiger charge is -2.03. The number of H-pyrrole nitrogens is 1. The molecule has 14 heavy (non-hydrogen) atoms. The predicted molar refractivity (Wildman–Crippen MR) is 53.5 cm³/mol. The van der Waals surface area contributed by atoms with Crippen LogP contribution >= 0.6 is 0 Å². The molecule has 0 saturated carbocycles. The molecule has 1 fully saturated rings. The first-order chi connectivity index (χ1) is 6.92. The second-order valence-corrected chi connectivity index (χ2v) is 3.49. The maximum atomic E-state index is 5.57. The Bertz CT molecular complexity index is 445. The zero-order chi connectivity index (χ0) is 9.38. The van der Waals surface area contributed by atoms with Gasteiger partial charge in [0.2, 0.25) is 0 Å². The summed E-state index contributed by atoms with van der Waals surface area (Å²) in [6.45, 7) is 1.50. The Kier molecular flexibility index (Phi) is 1.70. The lowest BCUT2D eigenvalue weighted by molar-refractivity contribution is 0.263. The van der Waals surface area contributed by atoms with E-state index in [0.29, 0.717) is 12.7 Å². The van der Waals surface area contributed by atoms with Crippen LogP contribution in [0.1, 0.15) is 0 Å². The molecule has 1 N–H and O–H groups in total. The van der Waals surface area contributed by atoms with E-state index < -0.39 is 0 Å². The van der Waals surface area contributed by atoms with E-state index in [1.165, 1.54) is 5.39 Å². The van der Waals surface area contributed by atoms with Crippen molar-refractivity contribution in [2.45, 2.75) is 6.10 Å². The number of epoxide rings is 1. The van der Waals surface area contributed by atoms with Crippen molar-refractivity contribution in [3.8, 4) is 5.75 Å². The van der Waals surface area contributed by atoms with Crippen LogP contribution in [0.2, 0.25) is 0 Å². The number of benzene rings is 1. The number of nitrogens with one attached hydrogen (secondary N) is 1.